The number of benzene rings is 1. The summed E-state index contributed by atoms with van der Waals surface area (Å²) in [5, 5.41) is 0. The van der Waals surface area contributed by atoms with Gasteiger partial charge in [-0.1, -0.05) is 12.1 Å². The van der Waals surface area contributed by atoms with Crippen molar-refractivity contribution in [3.8, 4) is 5.75 Å². The molecule has 0 saturated heterocycles. The maximum atomic E-state index is 11.9. The molecule has 0 fully saturated rings. The molecule has 0 bridgehead atoms. The fourth-order valence-electron chi connectivity index (χ4n) is 1.76. The van der Waals surface area contributed by atoms with Gasteiger partial charge in [0.15, 0.2) is 0 Å². The molecule has 1 rings (SSSR count). The third-order valence-corrected chi connectivity index (χ3v) is 2.89. The molecule has 2 N–H and O–H groups in total. The molecule has 0 radical (unpaired) electrons. The average molecular weight is 264 g/mol. The SMILES string of the molecule is CCOc1ccc(CN(C)C(=O)CCC(C)N)cc1. The first-order valence-corrected chi connectivity index (χ1v) is 6.74. The zero-order chi connectivity index (χ0) is 14.3. The van der Waals surface area contributed by atoms with Gasteiger partial charge in [0.05, 0.1) is 6.61 Å². The second kappa shape index (κ2) is 7.79. The molecule has 0 spiro atoms. The van der Waals surface area contributed by atoms with E-state index in [1.165, 1.54) is 0 Å². The van der Waals surface area contributed by atoms with Crippen LogP contribution in [0, 0.1) is 0 Å². The van der Waals surface area contributed by atoms with Crippen molar-refractivity contribution in [2.75, 3.05) is 13.7 Å². The van der Waals surface area contributed by atoms with E-state index in [9.17, 15) is 4.79 Å². The third kappa shape index (κ3) is 5.75. The van der Waals surface area contributed by atoms with Gasteiger partial charge in [0, 0.05) is 26.1 Å². The summed E-state index contributed by atoms with van der Waals surface area (Å²) in [4.78, 5) is 13.6. The van der Waals surface area contributed by atoms with Crippen LogP contribution in [-0.4, -0.2) is 30.5 Å². The Balaban J connectivity index is 2.47. The molecule has 0 aliphatic rings. The van der Waals surface area contributed by atoms with Gasteiger partial charge in [-0.05, 0) is 38.0 Å². The molecule has 4 heteroatoms. The van der Waals surface area contributed by atoms with E-state index in [4.69, 9.17) is 10.5 Å². The first-order valence-electron chi connectivity index (χ1n) is 6.74. The minimum Gasteiger partial charge on any atom is -0.494 e. The van der Waals surface area contributed by atoms with Crippen LogP contribution in [0.1, 0.15) is 32.3 Å². The molecule has 0 aliphatic heterocycles. The standard InChI is InChI=1S/C15H24N2O2/c1-4-19-14-8-6-13(7-9-14)11-17(3)15(18)10-5-12(2)16/h6-9,12H,4-5,10-11,16H2,1-3H3. The summed E-state index contributed by atoms with van der Waals surface area (Å²) in [6, 6.07) is 7.90. The van der Waals surface area contributed by atoms with E-state index in [1.54, 1.807) is 4.90 Å². The molecule has 0 saturated carbocycles. The van der Waals surface area contributed by atoms with Crippen LogP contribution in [-0.2, 0) is 11.3 Å². The molecule has 1 unspecified atom stereocenters. The van der Waals surface area contributed by atoms with Crippen LogP contribution in [0.4, 0.5) is 0 Å². The number of ether oxygens (including phenoxy) is 1. The van der Waals surface area contributed by atoms with Crippen molar-refractivity contribution in [3.63, 3.8) is 0 Å². The number of nitrogens with two attached hydrogens (primary N) is 1. The van der Waals surface area contributed by atoms with Crippen LogP contribution in [0.25, 0.3) is 0 Å². The topological polar surface area (TPSA) is 55.6 Å². The van der Waals surface area contributed by atoms with Gasteiger partial charge in [-0.25, -0.2) is 0 Å². The second-order valence-electron chi connectivity index (χ2n) is 4.84. The van der Waals surface area contributed by atoms with Crippen molar-refractivity contribution < 1.29 is 9.53 Å². The summed E-state index contributed by atoms with van der Waals surface area (Å²) in [5.41, 5.74) is 6.75. The minimum atomic E-state index is 0.0721. The summed E-state index contributed by atoms with van der Waals surface area (Å²) >= 11 is 0. The Labute approximate surface area is 115 Å². The molecular formula is C15H24N2O2. The molecule has 1 atom stereocenters. The van der Waals surface area contributed by atoms with Crippen LogP contribution < -0.4 is 10.5 Å². The van der Waals surface area contributed by atoms with Crippen LogP contribution in [0.15, 0.2) is 24.3 Å². The van der Waals surface area contributed by atoms with Crippen molar-refractivity contribution in [3.05, 3.63) is 29.8 Å². The van der Waals surface area contributed by atoms with Crippen LogP contribution in [0.2, 0.25) is 0 Å². The molecule has 4 nitrogen and oxygen atoms in total. The molecule has 106 valence electrons. The highest BCUT2D eigenvalue weighted by molar-refractivity contribution is 5.75. The van der Waals surface area contributed by atoms with Gasteiger partial charge in [0.2, 0.25) is 5.91 Å². The van der Waals surface area contributed by atoms with Crippen molar-refractivity contribution in [1.82, 2.24) is 4.90 Å². The Bertz CT molecular complexity index is 388. The van der Waals surface area contributed by atoms with E-state index in [0.717, 1.165) is 17.7 Å². The highest BCUT2D eigenvalue weighted by atomic mass is 16.5. The zero-order valence-electron chi connectivity index (χ0n) is 12.1. The zero-order valence-corrected chi connectivity index (χ0v) is 12.1. The van der Waals surface area contributed by atoms with E-state index in [0.29, 0.717) is 19.6 Å². The summed E-state index contributed by atoms with van der Waals surface area (Å²) in [6.07, 6.45) is 1.23. The first-order chi connectivity index (χ1) is 9.02. The Morgan fingerprint density at radius 2 is 2.00 bits per heavy atom. The lowest BCUT2D eigenvalue weighted by molar-refractivity contribution is -0.130. The molecular weight excluding hydrogens is 240 g/mol. The predicted octanol–water partition coefficient (Wildman–Crippen LogP) is 2.17. The second-order valence-corrected chi connectivity index (χ2v) is 4.84. The number of hydrogen-bond donors (Lipinski definition) is 1. The molecule has 1 amide bonds. The van der Waals surface area contributed by atoms with Crippen molar-refractivity contribution in [2.24, 2.45) is 5.73 Å². The predicted molar refractivity (Wildman–Crippen MR) is 77.0 cm³/mol. The maximum absolute atomic E-state index is 11.9. The quantitative estimate of drug-likeness (QED) is 0.821. The van der Waals surface area contributed by atoms with Crippen molar-refractivity contribution in [1.29, 1.82) is 0 Å². The van der Waals surface area contributed by atoms with Crippen LogP contribution >= 0.6 is 0 Å². The lowest BCUT2D eigenvalue weighted by atomic mass is 10.1. The first kappa shape index (κ1) is 15.5. The van der Waals surface area contributed by atoms with Gasteiger partial charge >= 0.3 is 0 Å². The third-order valence-electron chi connectivity index (χ3n) is 2.89. The number of amides is 1. The largest absolute Gasteiger partial charge is 0.494 e. The Morgan fingerprint density at radius 1 is 1.37 bits per heavy atom. The van der Waals surface area contributed by atoms with Crippen LogP contribution in [0.5, 0.6) is 5.75 Å². The number of carbonyl (C=O) groups is 1. The van der Waals surface area contributed by atoms with Gasteiger partial charge in [-0.2, -0.15) is 0 Å². The lowest BCUT2D eigenvalue weighted by Gasteiger charge is -2.18. The lowest BCUT2D eigenvalue weighted by Crippen LogP contribution is -2.27. The summed E-state index contributed by atoms with van der Waals surface area (Å²) in [7, 11) is 1.82. The smallest absolute Gasteiger partial charge is 0.222 e. The van der Waals surface area contributed by atoms with Crippen molar-refractivity contribution in [2.45, 2.75) is 39.3 Å². The Hall–Kier alpha value is -1.55. The van der Waals surface area contributed by atoms with Gasteiger partial charge in [0.25, 0.3) is 0 Å². The fourth-order valence-corrected chi connectivity index (χ4v) is 1.76. The summed E-state index contributed by atoms with van der Waals surface area (Å²) in [5.74, 6) is 0.989. The Morgan fingerprint density at radius 3 is 2.53 bits per heavy atom. The van der Waals surface area contributed by atoms with Gasteiger partial charge in [0.1, 0.15) is 5.75 Å². The molecule has 1 aromatic carbocycles. The minimum absolute atomic E-state index is 0.0721. The number of carbonyl (C=O) groups excluding carboxylic acids is 1. The Kier molecular flexibility index (Phi) is 6.36. The van der Waals surface area contributed by atoms with Gasteiger partial charge in [-0.3, -0.25) is 4.79 Å². The number of rotatable bonds is 7. The van der Waals surface area contributed by atoms with Gasteiger partial charge < -0.3 is 15.4 Å². The van der Waals surface area contributed by atoms with E-state index >= 15 is 0 Å². The molecule has 0 heterocycles. The number of nitrogens with zero attached hydrogens (tertiary/aromatic N) is 1. The monoisotopic (exact) mass is 264 g/mol. The van der Waals surface area contributed by atoms with E-state index < -0.39 is 0 Å². The normalized spacial score (nSPS) is 12.0. The molecule has 0 aliphatic carbocycles. The molecule has 19 heavy (non-hydrogen) atoms. The van der Waals surface area contributed by atoms with Crippen molar-refractivity contribution >= 4 is 5.91 Å². The van der Waals surface area contributed by atoms with E-state index in [-0.39, 0.29) is 11.9 Å². The molecule has 1 aromatic rings. The van der Waals surface area contributed by atoms with Crippen LogP contribution in [0.3, 0.4) is 0 Å². The number of hydrogen-bond acceptors (Lipinski definition) is 3. The highest BCUT2D eigenvalue weighted by Gasteiger charge is 2.10. The average Bonchev–Trinajstić information content (AvgIpc) is 2.38. The molecule has 0 aromatic heterocycles. The van der Waals surface area contributed by atoms with E-state index in [2.05, 4.69) is 0 Å². The summed E-state index contributed by atoms with van der Waals surface area (Å²) < 4.78 is 5.38. The van der Waals surface area contributed by atoms with Gasteiger partial charge in [-0.15, -0.1) is 0 Å². The highest BCUT2D eigenvalue weighted by Crippen LogP contribution is 2.13. The van der Waals surface area contributed by atoms with E-state index in [1.807, 2.05) is 45.2 Å². The maximum Gasteiger partial charge on any atom is 0.222 e. The summed E-state index contributed by atoms with van der Waals surface area (Å²) in [6.45, 7) is 5.15. The fraction of sp³-hybridized carbons (Fsp3) is 0.533.